The zero-order valence-electron chi connectivity index (χ0n) is 8.36. The second-order valence-electron chi connectivity index (χ2n) is 3.75. The molecule has 80 valence electrons. The summed E-state index contributed by atoms with van der Waals surface area (Å²) in [6.45, 7) is 0.0573. The maximum atomic E-state index is 11.2. The summed E-state index contributed by atoms with van der Waals surface area (Å²) < 4.78 is 10.3. The van der Waals surface area contributed by atoms with Gasteiger partial charge >= 0.3 is 5.63 Å². The Labute approximate surface area is 90.8 Å². The predicted molar refractivity (Wildman–Crippen MR) is 55.7 cm³/mol. The number of ether oxygens (including phenoxy) is 1. The van der Waals surface area contributed by atoms with Crippen molar-refractivity contribution in [2.24, 2.45) is 0 Å². The standard InChI is InChI=1S/C12H8O4/c13-9-4-8-3-7-1-2-12(14)16-11(7)5-10(8)15-6-9/h1-2,4-5H,3,6H2. The van der Waals surface area contributed by atoms with Gasteiger partial charge in [0.1, 0.15) is 11.5 Å². The van der Waals surface area contributed by atoms with Crippen LogP contribution in [0.3, 0.4) is 0 Å². The number of rotatable bonds is 0. The van der Waals surface area contributed by atoms with E-state index in [9.17, 15) is 9.59 Å². The van der Waals surface area contributed by atoms with Gasteiger partial charge in [-0.25, -0.2) is 4.79 Å². The summed E-state index contributed by atoms with van der Waals surface area (Å²) in [5, 5.41) is 0. The highest BCUT2D eigenvalue weighted by atomic mass is 16.5. The summed E-state index contributed by atoms with van der Waals surface area (Å²) in [6, 6.07) is 3.10. The Kier molecular flexibility index (Phi) is 1.83. The lowest BCUT2D eigenvalue weighted by molar-refractivity contribution is -0.118. The van der Waals surface area contributed by atoms with Gasteiger partial charge in [0.15, 0.2) is 12.4 Å². The van der Waals surface area contributed by atoms with Crippen LogP contribution in [0.5, 0.6) is 0 Å². The summed E-state index contributed by atoms with van der Waals surface area (Å²) in [5.41, 5.74) is 1.36. The minimum atomic E-state index is -0.380. The van der Waals surface area contributed by atoms with Crippen LogP contribution in [0.25, 0.3) is 6.08 Å². The molecule has 2 heterocycles. The quantitative estimate of drug-likeness (QED) is 0.650. The largest absolute Gasteiger partial charge is 0.485 e. The van der Waals surface area contributed by atoms with Crippen molar-refractivity contribution in [3.05, 3.63) is 51.3 Å². The molecule has 16 heavy (non-hydrogen) atoms. The zero-order valence-corrected chi connectivity index (χ0v) is 8.36. The first kappa shape index (κ1) is 9.15. The lowest BCUT2D eigenvalue weighted by Crippen LogP contribution is -2.18. The molecule has 1 aromatic rings. The molecule has 0 spiro atoms. The second kappa shape index (κ2) is 3.20. The lowest BCUT2D eigenvalue weighted by atomic mass is 9.95. The average molecular weight is 216 g/mol. The molecule has 4 heteroatoms. The van der Waals surface area contributed by atoms with Crippen LogP contribution < -0.4 is 5.63 Å². The van der Waals surface area contributed by atoms with Crippen LogP contribution in [-0.2, 0) is 16.0 Å². The van der Waals surface area contributed by atoms with Gasteiger partial charge in [0.2, 0.25) is 0 Å². The van der Waals surface area contributed by atoms with Crippen molar-refractivity contribution in [1.29, 1.82) is 0 Å². The topological polar surface area (TPSA) is 56.5 Å². The van der Waals surface area contributed by atoms with Gasteiger partial charge in [-0.3, -0.25) is 4.79 Å². The lowest BCUT2D eigenvalue weighted by Gasteiger charge is -2.21. The Bertz CT molecular complexity index is 589. The number of ketones is 1. The third-order valence-electron chi connectivity index (χ3n) is 2.61. The average Bonchev–Trinajstić information content (AvgIpc) is 2.26. The Morgan fingerprint density at radius 1 is 1.12 bits per heavy atom. The fourth-order valence-electron chi connectivity index (χ4n) is 1.87. The van der Waals surface area contributed by atoms with Crippen LogP contribution in [0.15, 0.2) is 38.8 Å². The molecule has 1 aliphatic carbocycles. The molecule has 0 atom stereocenters. The van der Waals surface area contributed by atoms with Crippen LogP contribution >= 0.6 is 0 Å². The number of carbonyl (C=O) groups is 1. The fraction of sp³-hybridized carbons (Fsp3) is 0.167. The first-order chi connectivity index (χ1) is 7.72. The molecule has 4 nitrogen and oxygen atoms in total. The first-order valence-electron chi connectivity index (χ1n) is 4.94. The summed E-state index contributed by atoms with van der Waals surface area (Å²) >= 11 is 0. The molecule has 0 saturated carbocycles. The molecule has 2 aliphatic rings. The van der Waals surface area contributed by atoms with Gasteiger partial charge < -0.3 is 9.15 Å². The molecule has 0 fully saturated rings. The zero-order chi connectivity index (χ0) is 11.1. The van der Waals surface area contributed by atoms with E-state index >= 15 is 0 Å². The Balaban J connectivity index is 2.15. The van der Waals surface area contributed by atoms with Gasteiger partial charge in [0.05, 0.1) is 0 Å². The molecule has 0 bridgehead atoms. The van der Waals surface area contributed by atoms with Crippen molar-refractivity contribution in [2.45, 2.75) is 6.42 Å². The molecule has 1 aromatic heterocycles. The van der Waals surface area contributed by atoms with E-state index in [4.69, 9.17) is 9.15 Å². The van der Waals surface area contributed by atoms with Gasteiger partial charge in [0.25, 0.3) is 0 Å². The summed E-state index contributed by atoms with van der Waals surface area (Å²) in [6.07, 6.45) is 3.82. The highest BCUT2D eigenvalue weighted by Crippen LogP contribution is 2.29. The summed E-state index contributed by atoms with van der Waals surface area (Å²) in [4.78, 5) is 22.2. The Morgan fingerprint density at radius 3 is 2.88 bits per heavy atom. The maximum absolute atomic E-state index is 11.2. The molecule has 0 radical (unpaired) electrons. The second-order valence-corrected chi connectivity index (χ2v) is 3.75. The minimum absolute atomic E-state index is 0.0343. The predicted octanol–water partition coefficient (Wildman–Crippen LogP) is 1.06. The molecule has 0 aromatic carbocycles. The van der Waals surface area contributed by atoms with E-state index < -0.39 is 0 Å². The van der Waals surface area contributed by atoms with E-state index in [2.05, 4.69) is 0 Å². The third kappa shape index (κ3) is 1.39. The van der Waals surface area contributed by atoms with E-state index in [-0.39, 0.29) is 18.0 Å². The van der Waals surface area contributed by atoms with Gasteiger partial charge in [-0.1, -0.05) is 0 Å². The normalized spacial score (nSPS) is 17.9. The van der Waals surface area contributed by atoms with E-state index in [1.54, 1.807) is 18.2 Å². The Hall–Kier alpha value is -2.10. The molecular weight excluding hydrogens is 208 g/mol. The molecule has 0 saturated heterocycles. The number of allylic oxidation sites excluding steroid dienone is 1. The van der Waals surface area contributed by atoms with E-state index in [0.29, 0.717) is 17.9 Å². The van der Waals surface area contributed by atoms with Gasteiger partial charge in [-0.05, 0) is 17.7 Å². The number of fused-ring (bicyclic) bond motifs is 2. The molecule has 1 aliphatic heterocycles. The molecular formula is C12H8O4. The monoisotopic (exact) mass is 216 g/mol. The van der Waals surface area contributed by atoms with Crippen LogP contribution in [-0.4, -0.2) is 12.4 Å². The number of carbonyl (C=O) groups excluding carboxylic acids is 1. The minimum Gasteiger partial charge on any atom is -0.485 e. The third-order valence-corrected chi connectivity index (χ3v) is 2.61. The summed E-state index contributed by atoms with van der Waals surface area (Å²) in [5.74, 6) is 1.11. The molecule has 3 rings (SSSR count). The van der Waals surface area contributed by atoms with Crippen molar-refractivity contribution in [3.8, 4) is 0 Å². The molecule has 0 N–H and O–H groups in total. The van der Waals surface area contributed by atoms with Crippen molar-refractivity contribution >= 4 is 11.9 Å². The van der Waals surface area contributed by atoms with Gasteiger partial charge in [-0.2, -0.15) is 0 Å². The van der Waals surface area contributed by atoms with Crippen molar-refractivity contribution in [1.82, 2.24) is 0 Å². The summed E-state index contributed by atoms with van der Waals surface area (Å²) in [7, 11) is 0. The van der Waals surface area contributed by atoms with Crippen molar-refractivity contribution in [3.63, 3.8) is 0 Å². The molecule has 0 unspecified atom stereocenters. The van der Waals surface area contributed by atoms with Crippen LogP contribution in [0, 0.1) is 0 Å². The molecule has 0 amide bonds. The highest BCUT2D eigenvalue weighted by Gasteiger charge is 2.23. The SMILES string of the molecule is O=C1C=C2Cc3ccc(=O)oc3C=C2OC1. The van der Waals surface area contributed by atoms with Gasteiger partial charge in [0, 0.05) is 24.1 Å². The highest BCUT2D eigenvalue weighted by molar-refractivity contribution is 5.94. The van der Waals surface area contributed by atoms with Crippen LogP contribution in [0.1, 0.15) is 11.3 Å². The fourth-order valence-corrected chi connectivity index (χ4v) is 1.87. The first-order valence-corrected chi connectivity index (χ1v) is 4.94. The van der Waals surface area contributed by atoms with Crippen LogP contribution in [0.4, 0.5) is 0 Å². The van der Waals surface area contributed by atoms with E-state index in [1.807, 2.05) is 0 Å². The van der Waals surface area contributed by atoms with Crippen molar-refractivity contribution in [2.75, 3.05) is 6.61 Å². The number of hydrogen-bond acceptors (Lipinski definition) is 4. The number of hydrogen-bond donors (Lipinski definition) is 0. The van der Waals surface area contributed by atoms with E-state index in [0.717, 1.165) is 11.1 Å². The van der Waals surface area contributed by atoms with Crippen LogP contribution in [0.2, 0.25) is 0 Å². The maximum Gasteiger partial charge on any atom is 0.336 e. The van der Waals surface area contributed by atoms with Crippen molar-refractivity contribution < 1.29 is 13.9 Å². The van der Waals surface area contributed by atoms with Gasteiger partial charge in [-0.15, -0.1) is 0 Å². The van der Waals surface area contributed by atoms with E-state index in [1.165, 1.54) is 6.07 Å². The Morgan fingerprint density at radius 2 is 2.00 bits per heavy atom. The smallest absolute Gasteiger partial charge is 0.336 e.